The van der Waals surface area contributed by atoms with Crippen LogP contribution in [0.1, 0.15) is 29.3 Å². The highest BCUT2D eigenvalue weighted by Gasteiger charge is 2.36. The van der Waals surface area contributed by atoms with Crippen LogP contribution in [0.15, 0.2) is 36.5 Å². The molecule has 1 amide bonds. The molecule has 0 spiro atoms. The van der Waals surface area contributed by atoms with E-state index in [1.807, 2.05) is 19.1 Å². The fourth-order valence-corrected chi connectivity index (χ4v) is 3.03. The lowest BCUT2D eigenvalue weighted by atomic mass is 10.0. The van der Waals surface area contributed by atoms with Crippen LogP contribution in [-0.4, -0.2) is 33.5 Å². The number of aryl methyl sites for hydroxylation is 1. The molecule has 24 heavy (non-hydrogen) atoms. The summed E-state index contributed by atoms with van der Waals surface area (Å²) in [5.74, 6) is -1.39. The molecule has 3 rings (SSSR count). The van der Waals surface area contributed by atoms with Crippen LogP contribution in [0.3, 0.4) is 0 Å². The van der Waals surface area contributed by atoms with Crippen molar-refractivity contribution in [2.45, 2.75) is 31.9 Å². The summed E-state index contributed by atoms with van der Waals surface area (Å²) in [5, 5.41) is 9.92. The van der Waals surface area contributed by atoms with Crippen molar-refractivity contribution in [3.05, 3.63) is 65.0 Å². The van der Waals surface area contributed by atoms with Crippen LogP contribution in [0.5, 0.6) is 0 Å². The summed E-state index contributed by atoms with van der Waals surface area (Å²) in [6, 6.07) is 6.12. The summed E-state index contributed by atoms with van der Waals surface area (Å²) in [6.07, 6.45) is 1.17. The van der Waals surface area contributed by atoms with Gasteiger partial charge in [0.2, 0.25) is 5.91 Å². The van der Waals surface area contributed by atoms with Gasteiger partial charge in [0.1, 0.15) is 11.6 Å². The second-order valence-corrected chi connectivity index (χ2v) is 6.10. The number of aliphatic hydroxyl groups is 1. The van der Waals surface area contributed by atoms with Crippen molar-refractivity contribution < 1.29 is 18.7 Å². The van der Waals surface area contributed by atoms with Crippen LogP contribution >= 0.6 is 0 Å². The number of aromatic nitrogens is 1. The first-order valence-electron chi connectivity index (χ1n) is 7.78. The maximum absolute atomic E-state index is 14.1. The molecule has 1 aromatic carbocycles. The number of nitrogens with zero attached hydrogens (tertiary/aromatic N) is 2. The molecule has 0 unspecified atom stereocenters. The maximum Gasteiger partial charge on any atom is 0.227 e. The minimum absolute atomic E-state index is 0.0990. The first-order valence-corrected chi connectivity index (χ1v) is 7.78. The van der Waals surface area contributed by atoms with Crippen molar-refractivity contribution >= 4 is 5.91 Å². The molecule has 1 aromatic heterocycles. The van der Waals surface area contributed by atoms with Gasteiger partial charge in [-0.25, -0.2) is 8.78 Å². The van der Waals surface area contributed by atoms with Crippen molar-refractivity contribution in [2.75, 3.05) is 6.54 Å². The minimum Gasteiger partial charge on any atom is -0.391 e. The van der Waals surface area contributed by atoms with Crippen LogP contribution in [0, 0.1) is 18.6 Å². The Morgan fingerprint density at radius 3 is 2.83 bits per heavy atom. The molecular weight excluding hydrogens is 314 g/mol. The number of aliphatic hydroxyl groups excluding tert-OH is 1. The number of halogens is 2. The molecule has 0 saturated carbocycles. The van der Waals surface area contributed by atoms with Gasteiger partial charge in [-0.15, -0.1) is 0 Å². The molecular formula is C18H18F2N2O2. The molecule has 1 aliphatic rings. The Labute approximate surface area is 138 Å². The molecule has 0 aliphatic carbocycles. The van der Waals surface area contributed by atoms with Gasteiger partial charge in [-0.05, 0) is 43.2 Å². The number of carbonyl (C=O) groups excluding carboxylic acids is 1. The third-order valence-electron chi connectivity index (χ3n) is 4.24. The highest BCUT2D eigenvalue weighted by atomic mass is 19.1. The zero-order valence-electron chi connectivity index (χ0n) is 13.2. The molecule has 0 bridgehead atoms. The third kappa shape index (κ3) is 3.43. The summed E-state index contributed by atoms with van der Waals surface area (Å²) >= 11 is 0. The van der Waals surface area contributed by atoms with E-state index in [4.69, 9.17) is 0 Å². The monoisotopic (exact) mass is 332 g/mol. The van der Waals surface area contributed by atoms with Crippen molar-refractivity contribution in [3.8, 4) is 0 Å². The van der Waals surface area contributed by atoms with Gasteiger partial charge < -0.3 is 10.0 Å². The minimum atomic E-state index is -0.752. The van der Waals surface area contributed by atoms with Gasteiger partial charge in [0.15, 0.2) is 0 Å². The predicted molar refractivity (Wildman–Crippen MR) is 84.1 cm³/mol. The second-order valence-electron chi connectivity index (χ2n) is 6.10. The molecule has 2 heterocycles. The quantitative estimate of drug-likeness (QED) is 0.940. The fraction of sp³-hybridized carbons (Fsp3) is 0.333. The zero-order chi connectivity index (χ0) is 17.3. The molecule has 2 atom stereocenters. The molecule has 126 valence electrons. The van der Waals surface area contributed by atoms with Crippen LogP contribution in [0.2, 0.25) is 0 Å². The van der Waals surface area contributed by atoms with Gasteiger partial charge in [-0.3, -0.25) is 9.78 Å². The van der Waals surface area contributed by atoms with Gasteiger partial charge in [0.05, 0.1) is 18.6 Å². The van der Waals surface area contributed by atoms with E-state index in [0.29, 0.717) is 0 Å². The van der Waals surface area contributed by atoms with Crippen LogP contribution in [0.25, 0.3) is 0 Å². The number of amides is 1. The number of likely N-dealkylation sites (tertiary alicyclic amines) is 1. The molecule has 4 nitrogen and oxygen atoms in total. The van der Waals surface area contributed by atoms with E-state index >= 15 is 0 Å². The summed E-state index contributed by atoms with van der Waals surface area (Å²) in [5.41, 5.74) is 1.69. The average Bonchev–Trinajstić information content (AvgIpc) is 2.94. The Hall–Kier alpha value is -2.34. The number of benzene rings is 1. The summed E-state index contributed by atoms with van der Waals surface area (Å²) in [6.45, 7) is 1.96. The number of carbonyl (C=O) groups is 1. The standard InChI is InChI=1S/C18H18F2N2O2/c1-11-2-3-12(9-21-11)6-18(24)22-10-14(23)8-17(22)15-7-13(19)4-5-16(15)20/h2-5,7,9,14,17,23H,6,8,10H2,1H3/t14-,17+/m0/s1. The Kier molecular flexibility index (Phi) is 4.57. The zero-order valence-corrected chi connectivity index (χ0v) is 13.2. The maximum atomic E-state index is 14.1. The predicted octanol–water partition coefficient (Wildman–Crippen LogP) is 2.55. The number of β-amino-alcohol motifs (C(OH)–C–C–N with tert-alkyl or cyclic N) is 1. The molecule has 0 radical (unpaired) electrons. The Morgan fingerprint density at radius 1 is 1.33 bits per heavy atom. The number of hydrogen-bond donors (Lipinski definition) is 1. The molecule has 1 fully saturated rings. The molecule has 1 N–H and O–H groups in total. The Morgan fingerprint density at radius 2 is 2.12 bits per heavy atom. The van der Waals surface area contributed by atoms with E-state index in [0.717, 1.165) is 29.5 Å². The topological polar surface area (TPSA) is 53.4 Å². The summed E-state index contributed by atoms with van der Waals surface area (Å²) < 4.78 is 27.5. The lowest BCUT2D eigenvalue weighted by Crippen LogP contribution is -2.33. The van der Waals surface area contributed by atoms with Crippen LogP contribution in [0.4, 0.5) is 8.78 Å². The summed E-state index contributed by atoms with van der Waals surface area (Å²) in [7, 11) is 0. The SMILES string of the molecule is Cc1ccc(CC(=O)N2C[C@@H](O)C[C@@H]2c2cc(F)ccc2F)cn1. The van der Waals surface area contributed by atoms with Gasteiger partial charge in [0, 0.05) is 24.0 Å². The van der Waals surface area contributed by atoms with E-state index in [-0.39, 0.29) is 30.9 Å². The lowest BCUT2D eigenvalue weighted by Gasteiger charge is -2.25. The fourth-order valence-electron chi connectivity index (χ4n) is 3.03. The van der Waals surface area contributed by atoms with Gasteiger partial charge in [0.25, 0.3) is 0 Å². The number of hydrogen-bond acceptors (Lipinski definition) is 3. The first kappa shape index (κ1) is 16.5. The molecule has 2 aromatic rings. The third-order valence-corrected chi connectivity index (χ3v) is 4.24. The average molecular weight is 332 g/mol. The molecule has 1 aliphatic heterocycles. The van der Waals surface area contributed by atoms with Gasteiger partial charge in [-0.2, -0.15) is 0 Å². The van der Waals surface area contributed by atoms with E-state index in [2.05, 4.69) is 4.98 Å². The van der Waals surface area contributed by atoms with Gasteiger partial charge in [-0.1, -0.05) is 6.07 Å². The highest BCUT2D eigenvalue weighted by Crippen LogP contribution is 2.34. The largest absolute Gasteiger partial charge is 0.391 e. The lowest BCUT2D eigenvalue weighted by molar-refractivity contribution is -0.131. The van der Waals surface area contributed by atoms with E-state index in [9.17, 15) is 18.7 Å². The highest BCUT2D eigenvalue weighted by molar-refractivity contribution is 5.79. The number of pyridine rings is 1. The van der Waals surface area contributed by atoms with Gasteiger partial charge >= 0.3 is 0 Å². The van der Waals surface area contributed by atoms with Crippen molar-refractivity contribution in [1.29, 1.82) is 0 Å². The van der Waals surface area contributed by atoms with E-state index in [1.54, 1.807) is 6.20 Å². The second kappa shape index (κ2) is 6.65. The van der Waals surface area contributed by atoms with Crippen LogP contribution in [-0.2, 0) is 11.2 Å². The number of rotatable bonds is 3. The van der Waals surface area contributed by atoms with Crippen LogP contribution < -0.4 is 0 Å². The van der Waals surface area contributed by atoms with Crippen molar-refractivity contribution in [2.24, 2.45) is 0 Å². The Balaban J connectivity index is 1.83. The van der Waals surface area contributed by atoms with Crippen molar-refractivity contribution in [3.63, 3.8) is 0 Å². The smallest absolute Gasteiger partial charge is 0.227 e. The first-order chi connectivity index (χ1) is 11.4. The van der Waals surface area contributed by atoms with E-state index in [1.165, 1.54) is 4.90 Å². The normalized spacial score (nSPS) is 20.4. The van der Waals surface area contributed by atoms with E-state index < -0.39 is 23.8 Å². The van der Waals surface area contributed by atoms with Crippen molar-refractivity contribution in [1.82, 2.24) is 9.88 Å². The molecule has 1 saturated heterocycles. The molecule has 6 heteroatoms. The Bertz CT molecular complexity index is 749. The summed E-state index contributed by atoms with van der Waals surface area (Å²) in [4.78, 5) is 18.2.